The van der Waals surface area contributed by atoms with E-state index in [-0.39, 0.29) is 5.92 Å². The third kappa shape index (κ3) is 2.42. The smallest absolute Gasteiger partial charge is 0.192 e. The highest BCUT2D eigenvalue weighted by Crippen LogP contribution is 2.26. The zero-order chi connectivity index (χ0) is 13.9. The minimum Gasteiger partial charge on any atom is -0.441 e. The predicted octanol–water partition coefficient (Wildman–Crippen LogP) is 2.88. The molecule has 102 valence electrons. The summed E-state index contributed by atoms with van der Waals surface area (Å²) in [7, 11) is 1.95. The van der Waals surface area contributed by atoms with Crippen LogP contribution in [-0.2, 0) is 0 Å². The third-order valence-corrected chi connectivity index (χ3v) is 3.37. The van der Waals surface area contributed by atoms with Crippen molar-refractivity contribution in [2.45, 2.75) is 12.8 Å². The first-order valence-electron chi connectivity index (χ1n) is 6.70. The Hall–Kier alpha value is -2.20. The summed E-state index contributed by atoms with van der Waals surface area (Å²) >= 11 is 0. The van der Waals surface area contributed by atoms with E-state index in [9.17, 15) is 0 Å². The van der Waals surface area contributed by atoms with E-state index in [1.807, 2.05) is 38.4 Å². The molecule has 1 aromatic carbocycles. The number of pyridine rings is 1. The number of aryl methyl sites for hydroxylation is 1. The second-order valence-electron chi connectivity index (χ2n) is 4.82. The highest BCUT2D eigenvalue weighted by Gasteiger charge is 2.16. The lowest BCUT2D eigenvalue weighted by Gasteiger charge is -2.16. The van der Waals surface area contributed by atoms with E-state index in [4.69, 9.17) is 4.42 Å². The SMILES string of the molecule is CNCC(c1ccc2oc(C)nc2c1)c1ccccn1. The quantitative estimate of drug-likeness (QED) is 0.789. The van der Waals surface area contributed by atoms with Crippen molar-refractivity contribution in [2.24, 2.45) is 0 Å². The van der Waals surface area contributed by atoms with Crippen LogP contribution >= 0.6 is 0 Å². The molecule has 0 fully saturated rings. The van der Waals surface area contributed by atoms with Crippen LogP contribution in [0.3, 0.4) is 0 Å². The first-order valence-corrected chi connectivity index (χ1v) is 6.70. The number of nitrogens with one attached hydrogen (secondary N) is 1. The first-order chi connectivity index (χ1) is 9.78. The van der Waals surface area contributed by atoms with Gasteiger partial charge in [-0.15, -0.1) is 0 Å². The van der Waals surface area contributed by atoms with Gasteiger partial charge in [-0.1, -0.05) is 12.1 Å². The van der Waals surface area contributed by atoms with Crippen LogP contribution in [-0.4, -0.2) is 23.6 Å². The molecule has 1 unspecified atom stereocenters. The molecule has 4 nitrogen and oxygen atoms in total. The maximum absolute atomic E-state index is 5.53. The zero-order valence-electron chi connectivity index (χ0n) is 11.6. The average Bonchev–Trinajstić information content (AvgIpc) is 2.84. The second kappa shape index (κ2) is 5.43. The molecule has 0 saturated carbocycles. The van der Waals surface area contributed by atoms with Gasteiger partial charge in [0.25, 0.3) is 0 Å². The van der Waals surface area contributed by atoms with Crippen LogP contribution in [0.5, 0.6) is 0 Å². The van der Waals surface area contributed by atoms with Gasteiger partial charge in [-0.2, -0.15) is 0 Å². The Bertz CT molecular complexity index is 706. The second-order valence-corrected chi connectivity index (χ2v) is 4.82. The van der Waals surface area contributed by atoms with E-state index >= 15 is 0 Å². The van der Waals surface area contributed by atoms with Gasteiger partial charge >= 0.3 is 0 Å². The van der Waals surface area contributed by atoms with Crippen molar-refractivity contribution in [1.82, 2.24) is 15.3 Å². The molecule has 1 atom stereocenters. The number of aromatic nitrogens is 2. The Morgan fingerprint density at radius 2 is 2.15 bits per heavy atom. The predicted molar refractivity (Wildman–Crippen MR) is 78.8 cm³/mol. The molecule has 20 heavy (non-hydrogen) atoms. The average molecular weight is 267 g/mol. The molecule has 1 N–H and O–H groups in total. The number of nitrogens with zero attached hydrogens (tertiary/aromatic N) is 2. The van der Waals surface area contributed by atoms with Crippen LogP contribution in [0.1, 0.15) is 23.1 Å². The fourth-order valence-electron chi connectivity index (χ4n) is 2.46. The van der Waals surface area contributed by atoms with Crippen molar-refractivity contribution in [3.63, 3.8) is 0 Å². The topological polar surface area (TPSA) is 51.0 Å². The number of hydrogen-bond donors (Lipinski definition) is 1. The normalized spacial score (nSPS) is 12.7. The molecule has 0 spiro atoms. The summed E-state index contributed by atoms with van der Waals surface area (Å²) in [5, 5.41) is 3.23. The largest absolute Gasteiger partial charge is 0.441 e. The molecule has 3 aromatic rings. The van der Waals surface area contributed by atoms with Crippen LogP contribution in [0.25, 0.3) is 11.1 Å². The highest BCUT2D eigenvalue weighted by atomic mass is 16.3. The maximum Gasteiger partial charge on any atom is 0.192 e. The molecule has 0 amide bonds. The van der Waals surface area contributed by atoms with Gasteiger partial charge in [0.05, 0.1) is 0 Å². The van der Waals surface area contributed by atoms with Gasteiger partial charge in [0.15, 0.2) is 11.5 Å². The molecule has 4 heteroatoms. The molecule has 0 aliphatic carbocycles. The van der Waals surface area contributed by atoms with E-state index in [1.165, 1.54) is 5.56 Å². The van der Waals surface area contributed by atoms with Crippen molar-refractivity contribution >= 4 is 11.1 Å². The molecule has 0 bridgehead atoms. The Morgan fingerprint density at radius 1 is 1.25 bits per heavy atom. The standard InChI is InChI=1S/C16H17N3O/c1-11-19-15-9-12(6-7-16(15)20-11)13(10-17-2)14-5-3-4-8-18-14/h3-9,13,17H,10H2,1-2H3. The van der Waals surface area contributed by atoms with Gasteiger partial charge in [0.1, 0.15) is 5.52 Å². The molecule has 2 heterocycles. The molecule has 3 rings (SSSR count). The molecule has 2 aromatic heterocycles. The van der Waals surface area contributed by atoms with Crippen molar-refractivity contribution in [2.75, 3.05) is 13.6 Å². The molecule has 0 saturated heterocycles. The minimum absolute atomic E-state index is 0.211. The van der Waals surface area contributed by atoms with E-state index in [0.717, 1.165) is 23.3 Å². The number of oxazole rings is 1. The van der Waals surface area contributed by atoms with Gasteiger partial charge < -0.3 is 9.73 Å². The van der Waals surface area contributed by atoms with Crippen molar-refractivity contribution in [1.29, 1.82) is 0 Å². The molecular formula is C16H17N3O. The van der Waals surface area contributed by atoms with Gasteiger partial charge in [-0.25, -0.2) is 4.98 Å². The number of likely N-dealkylation sites (N-methyl/N-ethyl adjacent to an activating group) is 1. The molecule has 0 aliphatic rings. The Morgan fingerprint density at radius 3 is 2.90 bits per heavy atom. The first kappa shape index (κ1) is 12.8. The van der Waals surface area contributed by atoms with Gasteiger partial charge in [-0.3, -0.25) is 4.98 Å². The lowest BCUT2D eigenvalue weighted by molar-refractivity contribution is 0.561. The maximum atomic E-state index is 5.53. The van der Waals surface area contributed by atoms with Crippen molar-refractivity contribution in [3.05, 3.63) is 59.7 Å². The highest BCUT2D eigenvalue weighted by molar-refractivity contribution is 5.73. The third-order valence-electron chi connectivity index (χ3n) is 3.37. The van der Waals surface area contributed by atoms with Crippen molar-refractivity contribution < 1.29 is 4.42 Å². The summed E-state index contributed by atoms with van der Waals surface area (Å²) in [5.74, 6) is 0.905. The van der Waals surface area contributed by atoms with Crippen LogP contribution in [0, 0.1) is 6.92 Å². The Balaban J connectivity index is 2.04. The zero-order valence-corrected chi connectivity index (χ0v) is 11.6. The summed E-state index contributed by atoms with van der Waals surface area (Å²) in [4.78, 5) is 8.88. The molecule has 0 aliphatic heterocycles. The summed E-state index contributed by atoms with van der Waals surface area (Å²) < 4.78 is 5.53. The number of fused-ring (bicyclic) bond motifs is 1. The van der Waals surface area contributed by atoms with Crippen LogP contribution in [0.15, 0.2) is 47.0 Å². The van der Waals surface area contributed by atoms with Crippen LogP contribution < -0.4 is 5.32 Å². The summed E-state index contributed by atoms with van der Waals surface area (Å²) in [5.41, 5.74) is 3.98. The Labute approximate surface area is 117 Å². The number of hydrogen-bond acceptors (Lipinski definition) is 4. The summed E-state index contributed by atoms with van der Waals surface area (Å²) in [6, 6.07) is 12.2. The monoisotopic (exact) mass is 267 g/mol. The van der Waals surface area contributed by atoms with E-state index in [1.54, 1.807) is 0 Å². The Kier molecular flexibility index (Phi) is 3.48. The summed E-state index contributed by atoms with van der Waals surface area (Å²) in [6.45, 7) is 2.70. The molecular weight excluding hydrogens is 250 g/mol. The van der Waals surface area contributed by atoms with Crippen LogP contribution in [0.4, 0.5) is 0 Å². The van der Waals surface area contributed by atoms with Gasteiger partial charge in [0, 0.05) is 31.3 Å². The van der Waals surface area contributed by atoms with Gasteiger partial charge in [0.2, 0.25) is 0 Å². The fourth-order valence-corrected chi connectivity index (χ4v) is 2.46. The summed E-state index contributed by atoms with van der Waals surface area (Å²) in [6.07, 6.45) is 1.83. The number of benzene rings is 1. The minimum atomic E-state index is 0.211. The lowest BCUT2D eigenvalue weighted by Crippen LogP contribution is -2.19. The van der Waals surface area contributed by atoms with Gasteiger partial charge in [-0.05, 0) is 36.9 Å². The molecule has 0 radical (unpaired) electrons. The van der Waals surface area contributed by atoms with Crippen molar-refractivity contribution in [3.8, 4) is 0 Å². The fraction of sp³-hybridized carbons (Fsp3) is 0.250. The van der Waals surface area contributed by atoms with Crippen LogP contribution in [0.2, 0.25) is 0 Å². The van der Waals surface area contributed by atoms with E-state index < -0.39 is 0 Å². The number of rotatable bonds is 4. The van der Waals surface area contributed by atoms with E-state index in [2.05, 4.69) is 33.5 Å². The van der Waals surface area contributed by atoms with E-state index in [0.29, 0.717) is 5.89 Å². The lowest BCUT2D eigenvalue weighted by atomic mass is 9.95.